The van der Waals surface area contributed by atoms with Gasteiger partial charge in [-0.15, -0.1) is 10.2 Å². The van der Waals surface area contributed by atoms with Crippen LogP contribution in [0.4, 0.5) is 24.5 Å². The van der Waals surface area contributed by atoms with Crippen LogP contribution in [0.1, 0.15) is 18.3 Å². The molecule has 2 N–H and O–H groups in total. The monoisotopic (exact) mass is 465 g/mol. The van der Waals surface area contributed by atoms with E-state index >= 15 is 0 Å². The smallest absolute Gasteiger partial charge is 0.418 e. The number of aromatic nitrogens is 3. The Morgan fingerprint density at radius 1 is 1.12 bits per heavy atom. The van der Waals surface area contributed by atoms with Crippen LogP contribution in [0.25, 0.3) is 0 Å². The third kappa shape index (κ3) is 5.94. The quantitative estimate of drug-likeness (QED) is 0.447. The van der Waals surface area contributed by atoms with Crippen molar-refractivity contribution in [2.24, 2.45) is 0 Å². The predicted molar refractivity (Wildman–Crippen MR) is 117 cm³/mol. The van der Waals surface area contributed by atoms with Crippen molar-refractivity contribution >= 4 is 29.0 Å². The Balaban J connectivity index is 1.60. The molecule has 2 aromatic carbocycles. The van der Waals surface area contributed by atoms with E-state index in [1.807, 2.05) is 35.8 Å². The number of benzene rings is 2. The first kappa shape index (κ1) is 23.5. The van der Waals surface area contributed by atoms with E-state index in [2.05, 4.69) is 20.8 Å². The first-order valence-corrected chi connectivity index (χ1v) is 10.7. The van der Waals surface area contributed by atoms with Gasteiger partial charge in [-0.25, -0.2) is 0 Å². The average Bonchev–Trinajstić information content (AvgIpc) is 3.18. The number of para-hydroxylation sites is 1. The molecular weight excluding hydrogens is 443 g/mol. The molecule has 7 nitrogen and oxygen atoms in total. The zero-order chi connectivity index (χ0) is 23.1. The molecule has 0 fully saturated rings. The van der Waals surface area contributed by atoms with Crippen LogP contribution in [-0.2, 0) is 24.1 Å². The Morgan fingerprint density at radius 2 is 1.84 bits per heavy atom. The molecular formula is C21H22F3N5O2S. The largest absolute Gasteiger partial charge is 0.497 e. The van der Waals surface area contributed by atoms with Crippen molar-refractivity contribution in [2.75, 3.05) is 23.5 Å². The highest BCUT2D eigenvalue weighted by molar-refractivity contribution is 7.99. The highest BCUT2D eigenvalue weighted by Crippen LogP contribution is 2.34. The molecule has 0 spiro atoms. The zero-order valence-electron chi connectivity index (χ0n) is 17.4. The second kappa shape index (κ2) is 10.4. The molecule has 1 heterocycles. The van der Waals surface area contributed by atoms with Crippen LogP contribution >= 0.6 is 11.8 Å². The van der Waals surface area contributed by atoms with Crippen LogP contribution < -0.4 is 15.4 Å². The van der Waals surface area contributed by atoms with Gasteiger partial charge in [0, 0.05) is 12.2 Å². The number of nitrogens with one attached hydrogen (secondary N) is 2. The van der Waals surface area contributed by atoms with Gasteiger partial charge < -0.3 is 19.9 Å². The highest BCUT2D eigenvalue weighted by Gasteiger charge is 2.33. The Bertz CT molecular complexity index is 1050. The van der Waals surface area contributed by atoms with Crippen LogP contribution in [-0.4, -0.2) is 33.5 Å². The number of anilines is 2. The molecule has 1 aromatic heterocycles. The van der Waals surface area contributed by atoms with Gasteiger partial charge in [0.05, 0.1) is 30.7 Å². The minimum atomic E-state index is -4.55. The molecule has 3 aromatic rings. The van der Waals surface area contributed by atoms with Gasteiger partial charge in [-0.1, -0.05) is 23.9 Å². The van der Waals surface area contributed by atoms with Crippen molar-refractivity contribution < 1.29 is 22.7 Å². The summed E-state index contributed by atoms with van der Waals surface area (Å²) in [7, 11) is 1.60. The number of methoxy groups -OCH3 is 1. The first-order chi connectivity index (χ1) is 15.3. The third-order valence-electron chi connectivity index (χ3n) is 4.49. The van der Waals surface area contributed by atoms with E-state index in [1.165, 1.54) is 18.2 Å². The minimum Gasteiger partial charge on any atom is -0.497 e. The van der Waals surface area contributed by atoms with E-state index in [1.54, 1.807) is 7.11 Å². The van der Waals surface area contributed by atoms with Gasteiger partial charge in [-0.05, 0) is 43.3 Å². The van der Waals surface area contributed by atoms with Crippen molar-refractivity contribution in [2.45, 2.75) is 31.3 Å². The molecule has 0 aliphatic carbocycles. The number of nitrogens with zero attached hydrogens (tertiary/aromatic N) is 3. The number of carbonyl (C=O) groups is 1. The lowest BCUT2D eigenvalue weighted by Crippen LogP contribution is -2.18. The Morgan fingerprint density at radius 3 is 2.50 bits per heavy atom. The number of ether oxygens (including phenoxy) is 1. The fraction of sp³-hybridized carbons (Fsp3) is 0.286. The Hall–Kier alpha value is -3.21. The van der Waals surface area contributed by atoms with Gasteiger partial charge in [0.15, 0.2) is 11.0 Å². The summed E-state index contributed by atoms with van der Waals surface area (Å²) in [4.78, 5) is 12.3. The normalized spacial score (nSPS) is 11.3. The summed E-state index contributed by atoms with van der Waals surface area (Å²) in [5, 5.41) is 14.4. The number of carbonyl (C=O) groups excluding carboxylic acids is 1. The van der Waals surface area contributed by atoms with E-state index in [9.17, 15) is 18.0 Å². The van der Waals surface area contributed by atoms with Gasteiger partial charge in [-0.2, -0.15) is 13.2 Å². The second-order valence-electron chi connectivity index (χ2n) is 6.61. The highest BCUT2D eigenvalue weighted by atomic mass is 32.2. The summed E-state index contributed by atoms with van der Waals surface area (Å²) < 4.78 is 46.3. The number of hydrogen-bond donors (Lipinski definition) is 2. The van der Waals surface area contributed by atoms with Crippen molar-refractivity contribution in [3.05, 3.63) is 59.9 Å². The average molecular weight is 466 g/mol. The molecule has 0 bridgehead atoms. The van der Waals surface area contributed by atoms with E-state index in [0.29, 0.717) is 24.1 Å². The maximum absolute atomic E-state index is 13.1. The van der Waals surface area contributed by atoms with E-state index in [0.717, 1.165) is 29.3 Å². The van der Waals surface area contributed by atoms with Crippen LogP contribution in [0, 0.1) is 0 Å². The molecule has 170 valence electrons. The van der Waals surface area contributed by atoms with Crippen LogP contribution in [0.5, 0.6) is 5.75 Å². The van der Waals surface area contributed by atoms with E-state index < -0.39 is 17.6 Å². The van der Waals surface area contributed by atoms with Crippen molar-refractivity contribution in [3.63, 3.8) is 0 Å². The van der Waals surface area contributed by atoms with Crippen LogP contribution in [0.2, 0.25) is 0 Å². The summed E-state index contributed by atoms with van der Waals surface area (Å²) in [5.74, 6) is 0.766. The van der Waals surface area contributed by atoms with Gasteiger partial charge in [0.1, 0.15) is 5.75 Å². The van der Waals surface area contributed by atoms with Gasteiger partial charge >= 0.3 is 6.18 Å². The standard InChI is InChI=1S/C21H22F3N5O2S/c1-3-29-18(12-25-14-8-10-15(31-2)11-9-14)27-28-20(29)32-13-19(30)26-17-7-5-4-6-16(17)21(22,23)24/h4-11,25H,3,12-13H2,1-2H3,(H,26,30). The number of alkyl halides is 3. The molecule has 0 unspecified atom stereocenters. The molecule has 0 saturated carbocycles. The lowest BCUT2D eigenvalue weighted by molar-refractivity contribution is -0.137. The van der Waals surface area contributed by atoms with Crippen LogP contribution in [0.15, 0.2) is 53.7 Å². The summed E-state index contributed by atoms with van der Waals surface area (Å²) in [6, 6.07) is 12.3. The summed E-state index contributed by atoms with van der Waals surface area (Å²) in [6.45, 7) is 2.91. The molecule has 0 saturated heterocycles. The second-order valence-corrected chi connectivity index (χ2v) is 7.55. The molecule has 11 heteroatoms. The lowest BCUT2D eigenvalue weighted by Gasteiger charge is -2.13. The Kier molecular flexibility index (Phi) is 7.62. The summed E-state index contributed by atoms with van der Waals surface area (Å²) in [5.41, 5.74) is -0.276. The fourth-order valence-corrected chi connectivity index (χ4v) is 3.74. The minimum absolute atomic E-state index is 0.101. The topological polar surface area (TPSA) is 81.1 Å². The molecule has 3 rings (SSSR count). The number of halogens is 3. The van der Waals surface area contributed by atoms with Gasteiger partial charge in [0.2, 0.25) is 5.91 Å². The molecule has 1 amide bonds. The van der Waals surface area contributed by atoms with E-state index in [-0.39, 0.29) is 11.4 Å². The molecule has 0 atom stereocenters. The first-order valence-electron chi connectivity index (χ1n) is 9.70. The number of rotatable bonds is 9. The predicted octanol–water partition coefficient (Wildman–Crippen LogP) is 4.67. The van der Waals surface area contributed by atoms with Crippen molar-refractivity contribution in [3.8, 4) is 5.75 Å². The van der Waals surface area contributed by atoms with Crippen molar-refractivity contribution in [1.82, 2.24) is 14.8 Å². The number of thioether (sulfide) groups is 1. The van der Waals surface area contributed by atoms with Gasteiger partial charge in [0.25, 0.3) is 0 Å². The number of hydrogen-bond acceptors (Lipinski definition) is 6. The number of amides is 1. The molecule has 0 aliphatic rings. The fourth-order valence-electron chi connectivity index (χ4n) is 2.92. The van der Waals surface area contributed by atoms with E-state index in [4.69, 9.17) is 4.74 Å². The van der Waals surface area contributed by atoms with Gasteiger partial charge in [-0.3, -0.25) is 4.79 Å². The zero-order valence-corrected chi connectivity index (χ0v) is 18.3. The molecule has 0 aliphatic heterocycles. The summed E-state index contributed by atoms with van der Waals surface area (Å²) in [6.07, 6.45) is -4.55. The molecule has 0 radical (unpaired) electrons. The maximum atomic E-state index is 13.1. The Labute approximate surface area is 187 Å². The SMILES string of the molecule is CCn1c(CNc2ccc(OC)cc2)nnc1SCC(=O)Nc1ccccc1C(F)(F)F. The third-order valence-corrected chi connectivity index (χ3v) is 5.46. The van der Waals surface area contributed by atoms with Crippen molar-refractivity contribution in [1.29, 1.82) is 0 Å². The maximum Gasteiger partial charge on any atom is 0.418 e. The lowest BCUT2D eigenvalue weighted by atomic mass is 10.1. The summed E-state index contributed by atoms with van der Waals surface area (Å²) >= 11 is 1.11. The van der Waals surface area contributed by atoms with Crippen LogP contribution in [0.3, 0.4) is 0 Å². The molecule has 32 heavy (non-hydrogen) atoms.